The van der Waals surface area contributed by atoms with Gasteiger partial charge in [-0.3, -0.25) is 0 Å². The van der Waals surface area contributed by atoms with Crippen LogP contribution in [0.4, 0.5) is 0 Å². The quantitative estimate of drug-likeness (QED) is 0.666. The molecule has 3 nitrogen and oxygen atoms in total. The Bertz CT molecular complexity index is 598. The summed E-state index contributed by atoms with van der Waals surface area (Å²) in [6, 6.07) is 7.53. The Hall–Kier alpha value is -0.870. The van der Waals surface area contributed by atoms with E-state index in [2.05, 4.69) is 18.6 Å². The fourth-order valence-electron chi connectivity index (χ4n) is 3.78. The van der Waals surface area contributed by atoms with E-state index in [0.717, 1.165) is 32.1 Å². The van der Waals surface area contributed by atoms with Crippen LogP contribution >= 0.6 is 0 Å². The summed E-state index contributed by atoms with van der Waals surface area (Å²) < 4.78 is 28.6. The molecule has 0 saturated heterocycles. The summed E-state index contributed by atoms with van der Waals surface area (Å²) in [5, 5.41) is 0. The lowest BCUT2D eigenvalue weighted by Gasteiger charge is -2.20. The van der Waals surface area contributed by atoms with Gasteiger partial charge in [-0.2, -0.15) is 0 Å². The summed E-state index contributed by atoms with van der Waals surface area (Å²) in [7, 11) is -3.42. The van der Waals surface area contributed by atoms with E-state index in [0.29, 0.717) is 10.8 Å². The van der Waals surface area contributed by atoms with E-state index in [4.69, 9.17) is 0 Å². The van der Waals surface area contributed by atoms with Crippen molar-refractivity contribution in [3.8, 4) is 0 Å². The van der Waals surface area contributed by atoms with Crippen LogP contribution in [0.25, 0.3) is 0 Å². The van der Waals surface area contributed by atoms with Gasteiger partial charge >= 0.3 is 0 Å². The number of sulfonamides is 1. The first-order valence-electron chi connectivity index (χ1n) is 10.6. The molecule has 1 aromatic rings. The lowest BCUT2D eigenvalue weighted by atomic mass is 9.98. The summed E-state index contributed by atoms with van der Waals surface area (Å²) in [4.78, 5) is 0.399. The van der Waals surface area contributed by atoms with E-state index in [1.807, 2.05) is 12.1 Å². The van der Waals surface area contributed by atoms with Crippen LogP contribution in [0.3, 0.4) is 0 Å². The zero-order chi connectivity index (χ0) is 18.8. The molecular formula is C22H37NO2S. The van der Waals surface area contributed by atoms with Gasteiger partial charge in [0.15, 0.2) is 0 Å². The predicted molar refractivity (Wildman–Crippen MR) is 110 cm³/mol. The van der Waals surface area contributed by atoms with Crippen molar-refractivity contribution < 1.29 is 8.42 Å². The smallest absolute Gasteiger partial charge is 0.208 e. The topological polar surface area (TPSA) is 46.2 Å². The summed E-state index contributed by atoms with van der Waals surface area (Å²) >= 11 is 0. The van der Waals surface area contributed by atoms with Crippen molar-refractivity contribution in [3.63, 3.8) is 0 Å². The van der Waals surface area contributed by atoms with Crippen LogP contribution in [-0.2, 0) is 10.0 Å². The highest BCUT2D eigenvalue weighted by Gasteiger charge is 2.20. The molecule has 2 rings (SSSR count). The number of benzene rings is 1. The Morgan fingerprint density at radius 1 is 0.885 bits per heavy atom. The van der Waals surface area contributed by atoms with Crippen molar-refractivity contribution in [3.05, 3.63) is 29.8 Å². The van der Waals surface area contributed by atoms with Gasteiger partial charge in [0.05, 0.1) is 4.90 Å². The minimum Gasteiger partial charge on any atom is -0.208 e. The summed E-state index contributed by atoms with van der Waals surface area (Å²) in [5.74, 6) is 0.464. The molecule has 0 aromatic heterocycles. The van der Waals surface area contributed by atoms with Crippen LogP contribution in [0.5, 0.6) is 0 Å². The van der Waals surface area contributed by atoms with Gasteiger partial charge in [-0.15, -0.1) is 0 Å². The second-order valence-corrected chi connectivity index (χ2v) is 9.67. The van der Waals surface area contributed by atoms with Gasteiger partial charge in [-0.05, 0) is 42.9 Å². The molecule has 1 aliphatic rings. The Labute approximate surface area is 161 Å². The second-order valence-electron chi connectivity index (χ2n) is 7.96. The Morgan fingerprint density at radius 2 is 1.35 bits per heavy atom. The molecule has 1 N–H and O–H groups in total. The molecule has 26 heavy (non-hydrogen) atoms. The van der Waals surface area contributed by atoms with Gasteiger partial charge in [0.1, 0.15) is 0 Å². The molecule has 1 unspecified atom stereocenters. The minimum absolute atomic E-state index is 0.0775. The zero-order valence-electron chi connectivity index (χ0n) is 16.7. The molecule has 1 aliphatic carbocycles. The standard InChI is InChI=1S/C22H37NO2S/c1-3-19(2)20-15-17-22(18-16-20)26(24,25)23-21-13-11-9-7-5-4-6-8-10-12-14-21/h15-19,21,23H,3-14H2,1-2H3. The summed E-state index contributed by atoms with van der Waals surface area (Å²) in [6.45, 7) is 4.33. The third-order valence-electron chi connectivity index (χ3n) is 5.80. The molecular weight excluding hydrogens is 342 g/mol. The molecule has 148 valence electrons. The van der Waals surface area contributed by atoms with Crippen LogP contribution < -0.4 is 4.72 Å². The largest absolute Gasteiger partial charge is 0.240 e. The number of rotatable bonds is 5. The second kappa shape index (κ2) is 11.1. The van der Waals surface area contributed by atoms with Crippen LogP contribution in [-0.4, -0.2) is 14.5 Å². The fraction of sp³-hybridized carbons (Fsp3) is 0.727. The lowest BCUT2D eigenvalue weighted by Crippen LogP contribution is -2.35. The first-order chi connectivity index (χ1) is 12.5. The van der Waals surface area contributed by atoms with E-state index in [1.54, 1.807) is 12.1 Å². The van der Waals surface area contributed by atoms with E-state index >= 15 is 0 Å². The number of hydrogen-bond donors (Lipinski definition) is 1. The monoisotopic (exact) mass is 379 g/mol. The van der Waals surface area contributed by atoms with Crippen LogP contribution in [0.2, 0.25) is 0 Å². The highest BCUT2D eigenvalue weighted by molar-refractivity contribution is 7.89. The average Bonchev–Trinajstić information content (AvgIpc) is 2.63. The molecule has 1 saturated carbocycles. The molecule has 0 heterocycles. The Morgan fingerprint density at radius 3 is 1.81 bits per heavy atom. The van der Waals surface area contributed by atoms with Gasteiger partial charge in [0.2, 0.25) is 10.0 Å². The summed E-state index contributed by atoms with van der Waals surface area (Å²) in [6.07, 6.45) is 14.3. The molecule has 1 aromatic carbocycles. The number of nitrogens with one attached hydrogen (secondary N) is 1. The first-order valence-corrected chi connectivity index (χ1v) is 12.1. The maximum absolute atomic E-state index is 12.8. The van der Waals surface area contributed by atoms with E-state index in [1.165, 1.54) is 50.5 Å². The average molecular weight is 380 g/mol. The molecule has 4 heteroatoms. The normalized spacial score (nSPS) is 20.1. The van der Waals surface area contributed by atoms with Crippen molar-refractivity contribution >= 4 is 10.0 Å². The van der Waals surface area contributed by atoms with Crippen molar-refractivity contribution in [2.75, 3.05) is 0 Å². The fourth-order valence-corrected chi connectivity index (χ4v) is 5.08. The van der Waals surface area contributed by atoms with Crippen molar-refractivity contribution in [2.45, 2.75) is 108 Å². The Balaban J connectivity index is 1.99. The van der Waals surface area contributed by atoms with Gasteiger partial charge in [0, 0.05) is 6.04 Å². The van der Waals surface area contributed by atoms with Crippen LogP contribution in [0.15, 0.2) is 29.2 Å². The molecule has 1 atom stereocenters. The maximum Gasteiger partial charge on any atom is 0.240 e. The first kappa shape index (κ1) is 21.4. The van der Waals surface area contributed by atoms with E-state index in [-0.39, 0.29) is 6.04 Å². The molecule has 0 aliphatic heterocycles. The van der Waals surface area contributed by atoms with Gasteiger partial charge in [-0.1, -0.05) is 83.8 Å². The van der Waals surface area contributed by atoms with E-state index in [9.17, 15) is 8.42 Å². The van der Waals surface area contributed by atoms with Gasteiger partial charge in [-0.25, -0.2) is 13.1 Å². The van der Waals surface area contributed by atoms with Crippen molar-refractivity contribution in [2.24, 2.45) is 0 Å². The number of hydrogen-bond acceptors (Lipinski definition) is 2. The highest BCUT2D eigenvalue weighted by atomic mass is 32.2. The zero-order valence-corrected chi connectivity index (χ0v) is 17.5. The molecule has 0 amide bonds. The molecule has 0 bridgehead atoms. The maximum atomic E-state index is 12.8. The van der Waals surface area contributed by atoms with Crippen LogP contribution in [0, 0.1) is 0 Å². The Kier molecular flexibility index (Phi) is 9.13. The van der Waals surface area contributed by atoms with Crippen molar-refractivity contribution in [1.82, 2.24) is 4.72 Å². The predicted octanol–water partition coefficient (Wildman–Crippen LogP) is 6.15. The third kappa shape index (κ3) is 7.03. The summed E-state index contributed by atoms with van der Waals surface area (Å²) in [5.41, 5.74) is 1.21. The highest BCUT2D eigenvalue weighted by Crippen LogP contribution is 2.22. The lowest BCUT2D eigenvalue weighted by molar-refractivity contribution is 0.440. The molecule has 1 fully saturated rings. The molecule has 0 radical (unpaired) electrons. The minimum atomic E-state index is -3.42. The van der Waals surface area contributed by atoms with Crippen LogP contribution in [0.1, 0.15) is 102 Å². The SMILES string of the molecule is CCC(C)c1ccc(S(=O)(=O)NC2CCCCCCCCCCC2)cc1. The van der Waals surface area contributed by atoms with Gasteiger partial charge < -0.3 is 0 Å². The van der Waals surface area contributed by atoms with E-state index < -0.39 is 10.0 Å². The van der Waals surface area contributed by atoms with Gasteiger partial charge in [0.25, 0.3) is 0 Å². The third-order valence-corrected chi connectivity index (χ3v) is 7.34. The molecule has 0 spiro atoms. The van der Waals surface area contributed by atoms with Crippen molar-refractivity contribution in [1.29, 1.82) is 0 Å².